The topological polar surface area (TPSA) is 76.8 Å². The summed E-state index contributed by atoms with van der Waals surface area (Å²) >= 11 is 0. The standard InChI is InChI=1S/C20H26N4O3/c1-20(2,3)27-19(26)24-15-5-4-6-16(24)10-13(9-15)18(25)14-11-21-17-7-8-22-23(17)12-14/h7-8,11-13,15-16H,4-6,9-10H2,1-3H3. The summed E-state index contributed by atoms with van der Waals surface area (Å²) in [6, 6.07) is 1.95. The molecule has 7 nitrogen and oxygen atoms in total. The molecule has 27 heavy (non-hydrogen) atoms. The van der Waals surface area contributed by atoms with Crippen molar-refractivity contribution in [2.24, 2.45) is 5.92 Å². The number of carbonyl (C=O) groups excluding carboxylic acids is 2. The first-order valence-corrected chi connectivity index (χ1v) is 9.67. The molecule has 2 fully saturated rings. The number of Topliss-reactive ketones (excluding diaryl/α,β-unsaturated/α-hetero) is 1. The fourth-order valence-corrected chi connectivity index (χ4v) is 4.38. The quantitative estimate of drug-likeness (QED) is 0.757. The highest BCUT2D eigenvalue weighted by Crippen LogP contribution is 2.39. The predicted octanol–water partition coefficient (Wildman–Crippen LogP) is 3.48. The van der Waals surface area contributed by atoms with E-state index in [1.807, 2.05) is 25.7 Å². The first kappa shape index (κ1) is 17.9. The van der Waals surface area contributed by atoms with Gasteiger partial charge in [-0.1, -0.05) is 0 Å². The molecule has 2 aliphatic heterocycles. The number of piperidine rings is 2. The van der Waals surface area contributed by atoms with E-state index in [-0.39, 0.29) is 29.9 Å². The first-order chi connectivity index (χ1) is 12.8. The zero-order valence-electron chi connectivity index (χ0n) is 16.1. The molecule has 0 radical (unpaired) electrons. The first-order valence-electron chi connectivity index (χ1n) is 9.67. The molecule has 0 aliphatic carbocycles. The lowest BCUT2D eigenvalue weighted by Gasteiger charge is -2.48. The van der Waals surface area contributed by atoms with Crippen molar-refractivity contribution in [3.63, 3.8) is 0 Å². The molecule has 2 bridgehead atoms. The third-order valence-corrected chi connectivity index (χ3v) is 5.48. The molecule has 4 rings (SSSR count). The number of fused-ring (bicyclic) bond motifs is 3. The Morgan fingerprint density at radius 2 is 1.89 bits per heavy atom. The molecular weight excluding hydrogens is 344 g/mol. The van der Waals surface area contributed by atoms with Gasteiger partial charge in [-0.3, -0.25) is 4.79 Å². The van der Waals surface area contributed by atoms with Crippen molar-refractivity contribution in [1.29, 1.82) is 0 Å². The average molecular weight is 370 g/mol. The predicted molar refractivity (Wildman–Crippen MR) is 99.5 cm³/mol. The van der Waals surface area contributed by atoms with Crippen molar-refractivity contribution in [3.05, 3.63) is 30.2 Å². The van der Waals surface area contributed by atoms with Gasteiger partial charge >= 0.3 is 6.09 Å². The number of amides is 1. The SMILES string of the molecule is CC(C)(C)OC(=O)N1C2CCCC1CC(C(=O)c1cnc3ccnn3c1)C2. The molecule has 2 saturated heterocycles. The van der Waals surface area contributed by atoms with Crippen LogP contribution in [0.5, 0.6) is 0 Å². The molecule has 2 unspecified atom stereocenters. The Morgan fingerprint density at radius 1 is 1.19 bits per heavy atom. The minimum absolute atomic E-state index is 0.0719. The van der Waals surface area contributed by atoms with Crippen LogP contribution in [-0.4, -0.2) is 49.1 Å². The number of hydrogen-bond acceptors (Lipinski definition) is 5. The lowest BCUT2D eigenvalue weighted by Crippen LogP contribution is -2.56. The van der Waals surface area contributed by atoms with Gasteiger partial charge in [0.15, 0.2) is 11.4 Å². The lowest BCUT2D eigenvalue weighted by atomic mass is 9.76. The van der Waals surface area contributed by atoms with Gasteiger partial charge in [0.2, 0.25) is 0 Å². The molecule has 1 amide bonds. The third kappa shape index (κ3) is 3.55. The fourth-order valence-electron chi connectivity index (χ4n) is 4.38. The highest BCUT2D eigenvalue weighted by atomic mass is 16.6. The van der Waals surface area contributed by atoms with Crippen LogP contribution >= 0.6 is 0 Å². The third-order valence-electron chi connectivity index (χ3n) is 5.48. The monoisotopic (exact) mass is 370 g/mol. The minimum Gasteiger partial charge on any atom is -0.444 e. The summed E-state index contributed by atoms with van der Waals surface area (Å²) in [6.07, 6.45) is 9.12. The molecule has 2 aromatic rings. The van der Waals surface area contributed by atoms with Crippen molar-refractivity contribution in [1.82, 2.24) is 19.5 Å². The van der Waals surface area contributed by atoms with Gasteiger partial charge in [-0.2, -0.15) is 5.10 Å². The zero-order valence-corrected chi connectivity index (χ0v) is 16.1. The van der Waals surface area contributed by atoms with Crippen LogP contribution in [0.3, 0.4) is 0 Å². The molecule has 7 heteroatoms. The highest BCUT2D eigenvalue weighted by molar-refractivity contribution is 5.97. The van der Waals surface area contributed by atoms with Crippen LogP contribution < -0.4 is 0 Å². The second-order valence-corrected chi connectivity index (χ2v) is 8.64. The number of ether oxygens (including phenoxy) is 1. The van der Waals surface area contributed by atoms with E-state index in [2.05, 4.69) is 10.1 Å². The summed E-state index contributed by atoms with van der Waals surface area (Å²) in [5.74, 6) is 0.00874. The Morgan fingerprint density at radius 3 is 2.56 bits per heavy atom. The van der Waals surface area contributed by atoms with Crippen molar-refractivity contribution < 1.29 is 14.3 Å². The number of aromatic nitrogens is 3. The van der Waals surface area contributed by atoms with E-state index in [1.54, 1.807) is 29.2 Å². The minimum atomic E-state index is -0.511. The molecule has 4 heterocycles. The Kier molecular flexibility index (Phi) is 4.40. The number of ketones is 1. The molecule has 2 aliphatic rings. The second-order valence-electron chi connectivity index (χ2n) is 8.64. The summed E-state index contributed by atoms with van der Waals surface area (Å²) in [7, 11) is 0. The normalized spacial score (nSPS) is 25.4. The second kappa shape index (κ2) is 6.62. The van der Waals surface area contributed by atoms with Crippen molar-refractivity contribution >= 4 is 17.5 Å². The number of hydrogen-bond donors (Lipinski definition) is 0. The van der Waals surface area contributed by atoms with Gasteiger partial charge < -0.3 is 9.64 Å². The Hall–Kier alpha value is -2.44. The van der Waals surface area contributed by atoms with E-state index in [9.17, 15) is 9.59 Å². The molecular formula is C20H26N4O3. The Bertz CT molecular complexity index is 855. The molecule has 2 atom stereocenters. The number of carbonyl (C=O) groups is 2. The summed E-state index contributed by atoms with van der Waals surface area (Å²) in [6.45, 7) is 5.65. The molecule has 0 aromatic carbocycles. The van der Waals surface area contributed by atoms with Crippen LogP contribution in [0.15, 0.2) is 24.7 Å². The van der Waals surface area contributed by atoms with Crippen molar-refractivity contribution in [3.8, 4) is 0 Å². The van der Waals surface area contributed by atoms with E-state index < -0.39 is 5.60 Å². The highest BCUT2D eigenvalue weighted by Gasteiger charge is 2.44. The maximum Gasteiger partial charge on any atom is 0.410 e. The lowest BCUT2D eigenvalue weighted by molar-refractivity contribution is -0.0260. The fraction of sp³-hybridized carbons (Fsp3) is 0.600. The summed E-state index contributed by atoms with van der Waals surface area (Å²) in [4.78, 5) is 32.0. The average Bonchev–Trinajstić information content (AvgIpc) is 3.06. The van der Waals surface area contributed by atoms with Crippen LogP contribution in [0.4, 0.5) is 4.79 Å². The molecule has 0 spiro atoms. The van der Waals surface area contributed by atoms with E-state index >= 15 is 0 Å². The van der Waals surface area contributed by atoms with E-state index in [0.29, 0.717) is 18.4 Å². The van der Waals surface area contributed by atoms with Crippen LogP contribution in [0, 0.1) is 5.92 Å². The largest absolute Gasteiger partial charge is 0.444 e. The van der Waals surface area contributed by atoms with Gasteiger partial charge in [-0.05, 0) is 52.9 Å². The van der Waals surface area contributed by atoms with Gasteiger partial charge in [0.25, 0.3) is 0 Å². The van der Waals surface area contributed by atoms with E-state index in [0.717, 1.165) is 24.9 Å². The van der Waals surface area contributed by atoms with Gasteiger partial charge in [0.1, 0.15) is 5.60 Å². The number of nitrogens with zero attached hydrogens (tertiary/aromatic N) is 4. The summed E-state index contributed by atoms with van der Waals surface area (Å²) < 4.78 is 7.24. The Balaban J connectivity index is 1.52. The molecule has 144 valence electrons. The van der Waals surface area contributed by atoms with Crippen LogP contribution in [0.2, 0.25) is 0 Å². The smallest absolute Gasteiger partial charge is 0.410 e. The Labute approximate surface area is 158 Å². The zero-order chi connectivity index (χ0) is 19.2. The van der Waals surface area contributed by atoms with Gasteiger partial charge in [-0.15, -0.1) is 0 Å². The maximum absolute atomic E-state index is 13.1. The van der Waals surface area contributed by atoms with Crippen LogP contribution in [-0.2, 0) is 4.74 Å². The van der Waals surface area contributed by atoms with Gasteiger partial charge in [0.05, 0.1) is 11.8 Å². The van der Waals surface area contributed by atoms with Crippen molar-refractivity contribution in [2.45, 2.75) is 70.6 Å². The van der Waals surface area contributed by atoms with Crippen LogP contribution in [0.1, 0.15) is 63.2 Å². The maximum atomic E-state index is 13.1. The van der Waals surface area contributed by atoms with Gasteiger partial charge in [0, 0.05) is 36.5 Å². The van der Waals surface area contributed by atoms with Crippen molar-refractivity contribution in [2.75, 3.05) is 0 Å². The summed E-state index contributed by atoms with van der Waals surface area (Å²) in [5, 5.41) is 4.17. The molecule has 2 aromatic heterocycles. The number of rotatable bonds is 2. The molecule has 0 N–H and O–H groups in total. The van der Waals surface area contributed by atoms with E-state index in [4.69, 9.17) is 4.74 Å². The van der Waals surface area contributed by atoms with Gasteiger partial charge in [-0.25, -0.2) is 14.3 Å². The van der Waals surface area contributed by atoms with Crippen LogP contribution in [0.25, 0.3) is 5.65 Å². The molecule has 0 saturated carbocycles. The van der Waals surface area contributed by atoms with E-state index in [1.165, 1.54) is 0 Å². The summed E-state index contributed by atoms with van der Waals surface area (Å²) in [5.41, 5.74) is 0.797.